The lowest BCUT2D eigenvalue weighted by molar-refractivity contribution is -0.385. The van der Waals surface area contributed by atoms with Gasteiger partial charge in [-0.3, -0.25) is 10.1 Å². The molecule has 17 heavy (non-hydrogen) atoms. The molecule has 0 aromatic heterocycles. The predicted octanol–water partition coefficient (Wildman–Crippen LogP) is 1.52. The number of para-hydroxylation sites is 1. The molecule has 1 aliphatic heterocycles. The average Bonchev–Trinajstić information content (AvgIpc) is 2.27. The van der Waals surface area contributed by atoms with E-state index in [0.29, 0.717) is 13.0 Å². The van der Waals surface area contributed by atoms with Gasteiger partial charge in [-0.15, -0.1) is 0 Å². The topological polar surface area (TPSA) is 64.4 Å². The second kappa shape index (κ2) is 4.81. The Hall–Kier alpha value is -1.46. The number of rotatable bonds is 5. The summed E-state index contributed by atoms with van der Waals surface area (Å²) in [5, 5.41) is 14.0. The Morgan fingerprint density at radius 3 is 2.76 bits per heavy atom. The van der Waals surface area contributed by atoms with Gasteiger partial charge >= 0.3 is 0 Å². The maximum absolute atomic E-state index is 10.8. The van der Waals surface area contributed by atoms with Crippen LogP contribution in [-0.2, 0) is 11.2 Å². The maximum atomic E-state index is 10.8. The van der Waals surface area contributed by atoms with Crippen molar-refractivity contribution in [3.63, 3.8) is 0 Å². The van der Waals surface area contributed by atoms with Gasteiger partial charge in [0.25, 0.3) is 5.69 Å². The van der Waals surface area contributed by atoms with Gasteiger partial charge in [0.05, 0.1) is 17.1 Å². The first kappa shape index (κ1) is 12.0. The monoisotopic (exact) mass is 236 g/mol. The lowest BCUT2D eigenvalue weighted by Crippen LogP contribution is -2.59. The maximum Gasteiger partial charge on any atom is 0.272 e. The quantitative estimate of drug-likeness (QED) is 0.621. The Morgan fingerprint density at radius 1 is 1.47 bits per heavy atom. The molecule has 0 radical (unpaired) electrons. The Kier molecular flexibility index (Phi) is 3.40. The van der Waals surface area contributed by atoms with Gasteiger partial charge in [0.1, 0.15) is 0 Å². The first-order valence-corrected chi connectivity index (χ1v) is 5.68. The molecule has 0 aliphatic carbocycles. The zero-order valence-corrected chi connectivity index (χ0v) is 9.81. The molecular formula is C12H16N2O3. The number of nitrogens with one attached hydrogen (secondary N) is 1. The van der Waals surface area contributed by atoms with Gasteiger partial charge in [0.15, 0.2) is 0 Å². The van der Waals surface area contributed by atoms with Crippen molar-refractivity contribution in [2.24, 2.45) is 0 Å². The summed E-state index contributed by atoms with van der Waals surface area (Å²) in [5.74, 6) is 0. The third kappa shape index (κ3) is 2.81. The van der Waals surface area contributed by atoms with E-state index in [1.165, 1.54) is 6.07 Å². The number of benzene rings is 1. The van der Waals surface area contributed by atoms with Crippen molar-refractivity contribution in [1.82, 2.24) is 5.32 Å². The fourth-order valence-corrected chi connectivity index (χ4v) is 1.89. The molecule has 0 saturated carbocycles. The number of hydrogen-bond acceptors (Lipinski definition) is 4. The highest BCUT2D eigenvalue weighted by Gasteiger charge is 2.32. The zero-order chi connectivity index (χ0) is 12.3. The summed E-state index contributed by atoms with van der Waals surface area (Å²) < 4.78 is 5.72. The fraction of sp³-hybridized carbons (Fsp3) is 0.500. The fourth-order valence-electron chi connectivity index (χ4n) is 1.89. The van der Waals surface area contributed by atoms with Crippen LogP contribution in [0.1, 0.15) is 12.5 Å². The minimum atomic E-state index is -0.345. The third-order valence-corrected chi connectivity index (χ3v) is 3.01. The molecule has 1 N–H and O–H groups in total. The van der Waals surface area contributed by atoms with E-state index in [-0.39, 0.29) is 16.2 Å². The van der Waals surface area contributed by atoms with E-state index in [2.05, 4.69) is 5.32 Å². The van der Waals surface area contributed by atoms with E-state index >= 15 is 0 Å². The smallest absolute Gasteiger partial charge is 0.272 e. The molecule has 2 rings (SSSR count). The summed E-state index contributed by atoms with van der Waals surface area (Å²) >= 11 is 0. The predicted molar refractivity (Wildman–Crippen MR) is 64.0 cm³/mol. The van der Waals surface area contributed by atoms with E-state index < -0.39 is 0 Å². The van der Waals surface area contributed by atoms with Crippen molar-refractivity contribution in [2.75, 3.05) is 19.7 Å². The molecule has 1 aliphatic rings. The molecule has 1 saturated heterocycles. The highest BCUT2D eigenvalue weighted by Crippen LogP contribution is 2.20. The highest BCUT2D eigenvalue weighted by atomic mass is 16.6. The largest absolute Gasteiger partial charge is 0.372 e. The molecule has 1 aromatic carbocycles. The molecule has 5 nitrogen and oxygen atoms in total. The second-order valence-electron chi connectivity index (χ2n) is 4.54. The second-order valence-corrected chi connectivity index (χ2v) is 4.54. The highest BCUT2D eigenvalue weighted by molar-refractivity contribution is 5.39. The summed E-state index contributed by atoms with van der Waals surface area (Å²) in [6, 6.07) is 6.80. The summed E-state index contributed by atoms with van der Waals surface area (Å²) in [5.41, 5.74) is 0.810. The van der Waals surface area contributed by atoms with Gasteiger partial charge in [0.2, 0.25) is 0 Å². The number of ether oxygens (including phenoxy) is 1. The molecule has 0 atom stereocenters. The Labute approximate surface area is 99.9 Å². The van der Waals surface area contributed by atoms with Gasteiger partial charge < -0.3 is 10.1 Å². The number of nitro benzene ring substituents is 1. The van der Waals surface area contributed by atoms with Crippen molar-refractivity contribution >= 4 is 5.69 Å². The molecule has 5 heteroatoms. The molecule has 1 fully saturated rings. The van der Waals surface area contributed by atoms with Crippen molar-refractivity contribution in [3.05, 3.63) is 39.9 Å². The molecule has 0 bridgehead atoms. The van der Waals surface area contributed by atoms with Crippen molar-refractivity contribution in [3.8, 4) is 0 Å². The van der Waals surface area contributed by atoms with Crippen molar-refractivity contribution in [2.45, 2.75) is 18.9 Å². The zero-order valence-electron chi connectivity index (χ0n) is 9.81. The minimum absolute atomic E-state index is 0.0937. The van der Waals surface area contributed by atoms with Gasteiger partial charge in [-0.1, -0.05) is 18.2 Å². The lowest BCUT2D eigenvalue weighted by atomic mass is 10.00. The van der Waals surface area contributed by atoms with E-state index in [4.69, 9.17) is 4.74 Å². The van der Waals surface area contributed by atoms with E-state index in [0.717, 1.165) is 18.7 Å². The van der Waals surface area contributed by atoms with Gasteiger partial charge in [0, 0.05) is 31.1 Å². The van der Waals surface area contributed by atoms with Crippen LogP contribution < -0.4 is 5.32 Å². The SMILES string of the molecule is CC1(OCCc2ccccc2[N+](=O)[O-])CNC1. The Morgan fingerprint density at radius 2 is 2.18 bits per heavy atom. The number of hydrogen-bond donors (Lipinski definition) is 1. The normalized spacial score (nSPS) is 17.5. The number of nitrogens with zero attached hydrogens (tertiary/aromatic N) is 1. The molecule has 0 amide bonds. The van der Waals surface area contributed by atoms with Crippen LogP contribution in [0.15, 0.2) is 24.3 Å². The van der Waals surface area contributed by atoms with Crippen LogP contribution >= 0.6 is 0 Å². The van der Waals surface area contributed by atoms with Crippen molar-refractivity contribution in [1.29, 1.82) is 0 Å². The van der Waals surface area contributed by atoms with Crippen LogP contribution in [0.2, 0.25) is 0 Å². The van der Waals surface area contributed by atoms with Gasteiger partial charge in [-0.05, 0) is 6.92 Å². The van der Waals surface area contributed by atoms with E-state index in [1.807, 2.05) is 13.0 Å². The van der Waals surface area contributed by atoms with E-state index in [9.17, 15) is 10.1 Å². The molecule has 1 aromatic rings. The first-order valence-electron chi connectivity index (χ1n) is 5.68. The number of nitro groups is 1. The molecule has 1 heterocycles. The lowest BCUT2D eigenvalue weighted by Gasteiger charge is -2.39. The van der Waals surface area contributed by atoms with Crippen LogP contribution in [0, 0.1) is 10.1 Å². The van der Waals surface area contributed by atoms with Gasteiger partial charge in [-0.2, -0.15) is 0 Å². The summed E-state index contributed by atoms with van der Waals surface area (Å²) in [6.07, 6.45) is 0.576. The summed E-state index contributed by atoms with van der Waals surface area (Å²) in [6.45, 7) is 4.26. The first-order chi connectivity index (χ1) is 8.11. The van der Waals surface area contributed by atoms with Crippen LogP contribution in [0.25, 0.3) is 0 Å². The van der Waals surface area contributed by atoms with Crippen molar-refractivity contribution < 1.29 is 9.66 Å². The summed E-state index contributed by atoms with van der Waals surface area (Å²) in [4.78, 5) is 10.5. The van der Waals surface area contributed by atoms with Crippen LogP contribution in [0.5, 0.6) is 0 Å². The summed E-state index contributed by atoms with van der Waals surface area (Å²) in [7, 11) is 0. The average molecular weight is 236 g/mol. The molecule has 0 spiro atoms. The molecule has 92 valence electrons. The third-order valence-electron chi connectivity index (χ3n) is 3.01. The van der Waals surface area contributed by atoms with Crippen LogP contribution in [0.3, 0.4) is 0 Å². The van der Waals surface area contributed by atoms with Gasteiger partial charge in [-0.25, -0.2) is 0 Å². The standard InChI is InChI=1S/C12H16N2O3/c1-12(8-13-9-12)17-7-6-10-4-2-3-5-11(10)14(15)16/h2-5,13H,6-9H2,1H3. The Balaban J connectivity index is 1.92. The van der Waals surface area contributed by atoms with E-state index in [1.54, 1.807) is 12.1 Å². The molecule has 0 unspecified atom stereocenters. The molecular weight excluding hydrogens is 220 g/mol. The minimum Gasteiger partial charge on any atom is -0.372 e. The van der Waals surface area contributed by atoms with Crippen LogP contribution in [0.4, 0.5) is 5.69 Å². The Bertz CT molecular complexity index is 416. The van der Waals surface area contributed by atoms with Crippen LogP contribution in [-0.4, -0.2) is 30.2 Å².